The highest BCUT2D eigenvalue weighted by molar-refractivity contribution is 5.29. The number of aromatic nitrogens is 2. The van der Waals surface area contributed by atoms with E-state index in [2.05, 4.69) is 34.2 Å². The van der Waals surface area contributed by atoms with Gasteiger partial charge in [0.05, 0.1) is 24.7 Å². The van der Waals surface area contributed by atoms with Gasteiger partial charge in [-0.25, -0.2) is 4.98 Å². The van der Waals surface area contributed by atoms with Crippen LogP contribution >= 0.6 is 0 Å². The summed E-state index contributed by atoms with van der Waals surface area (Å²) in [5.41, 5.74) is 0.962. The molecule has 0 fully saturated rings. The number of nitrogens with one attached hydrogen (secondary N) is 1. The molecule has 0 aliphatic rings. The Morgan fingerprint density at radius 1 is 1.44 bits per heavy atom. The third-order valence-corrected chi connectivity index (χ3v) is 2.53. The van der Waals surface area contributed by atoms with Crippen molar-refractivity contribution in [1.82, 2.24) is 14.9 Å². The maximum atomic E-state index is 5.11. The number of methoxy groups -OCH3 is 1. The van der Waals surface area contributed by atoms with Gasteiger partial charge in [0.15, 0.2) is 0 Å². The minimum atomic E-state index is 0.371. The van der Waals surface area contributed by atoms with Crippen LogP contribution in [-0.2, 0) is 11.3 Å². The molecule has 0 amide bonds. The molecule has 1 atom stereocenters. The van der Waals surface area contributed by atoms with E-state index in [4.69, 9.17) is 4.74 Å². The minimum Gasteiger partial charge on any atom is -0.383 e. The molecular formula is C11H20N4O. The highest BCUT2D eigenvalue weighted by Crippen LogP contribution is 2.05. The molecule has 1 rings (SSSR count). The van der Waals surface area contributed by atoms with Gasteiger partial charge in [0, 0.05) is 26.7 Å². The van der Waals surface area contributed by atoms with Gasteiger partial charge in [-0.15, -0.1) is 0 Å². The molecule has 0 aliphatic carbocycles. The van der Waals surface area contributed by atoms with Crippen molar-refractivity contribution < 1.29 is 4.74 Å². The van der Waals surface area contributed by atoms with Crippen LogP contribution in [0.15, 0.2) is 12.4 Å². The monoisotopic (exact) mass is 224 g/mol. The summed E-state index contributed by atoms with van der Waals surface area (Å²) in [7, 11) is 5.60. The Labute approximate surface area is 96.8 Å². The zero-order valence-electron chi connectivity index (χ0n) is 10.4. The van der Waals surface area contributed by atoms with Gasteiger partial charge in [-0.3, -0.25) is 9.88 Å². The Hall–Kier alpha value is -1.20. The standard InChI is InChI=1S/C11H20N4O/c1-9(8-16-4)15(3)7-10-5-14-11(12-2)6-13-10/h5-6,9H,7-8H2,1-4H3,(H,12,14). The molecule has 0 aliphatic heterocycles. The van der Waals surface area contributed by atoms with Crippen LogP contribution < -0.4 is 5.32 Å². The fraction of sp³-hybridized carbons (Fsp3) is 0.636. The average molecular weight is 224 g/mol. The molecule has 5 heteroatoms. The van der Waals surface area contributed by atoms with Crippen molar-refractivity contribution in [3.8, 4) is 0 Å². The molecule has 0 bridgehead atoms. The molecule has 1 N–H and O–H groups in total. The molecule has 0 saturated carbocycles. The molecule has 1 aromatic rings. The Balaban J connectivity index is 2.52. The van der Waals surface area contributed by atoms with Crippen LogP contribution in [-0.4, -0.2) is 48.7 Å². The molecular weight excluding hydrogens is 204 g/mol. The minimum absolute atomic E-state index is 0.371. The second-order valence-corrected chi connectivity index (χ2v) is 3.86. The first-order chi connectivity index (χ1) is 7.67. The Bertz CT molecular complexity index is 301. The van der Waals surface area contributed by atoms with E-state index >= 15 is 0 Å². The van der Waals surface area contributed by atoms with Gasteiger partial charge in [0.1, 0.15) is 5.82 Å². The fourth-order valence-electron chi connectivity index (χ4n) is 1.35. The van der Waals surface area contributed by atoms with E-state index in [-0.39, 0.29) is 0 Å². The van der Waals surface area contributed by atoms with E-state index < -0.39 is 0 Å². The quantitative estimate of drug-likeness (QED) is 0.780. The van der Waals surface area contributed by atoms with E-state index in [9.17, 15) is 0 Å². The predicted molar refractivity (Wildman–Crippen MR) is 64.4 cm³/mol. The van der Waals surface area contributed by atoms with Crippen molar-refractivity contribution in [1.29, 1.82) is 0 Å². The van der Waals surface area contributed by atoms with Crippen LogP contribution in [0, 0.1) is 0 Å². The summed E-state index contributed by atoms with van der Waals surface area (Å²) in [6.07, 6.45) is 3.53. The van der Waals surface area contributed by atoms with Crippen molar-refractivity contribution in [2.45, 2.75) is 19.5 Å². The first-order valence-corrected chi connectivity index (χ1v) is 5.35. The number of hydrogen-bond donors (Lipinski definition) is 1. The zero-order chi connectivity index (χ0) is 12.0. The molecule has 1 aromatic heterocycles. The number of ether oxygens (including phenoxy) is 1. The first kappa shape index (κ1) is 12.9. The molecule has 90 valence electrons. The molecule has 16 heavy (non-hydrogen) atoms. The summed E-state index contributed by atoms with van der Waals surface area (Å²) in [6.45, 7) is 3.62. The number of nitrogens with zero attached hydrogens (tertiary/aromatic N) is 3. The number of anilines is 1. The van der Waals surface area contributed by atoms with Gasteiger partial charge >= 0.3 is 0 Å². The summed E-state index contributed by atoms with van der Waals surface area (Å²) in [5.74, 6) is 0.788. The van der Waals surface area contributed by atoms with Crippen LogP contribution in [0.5, 0.6) is 0 Å². The predicted octanol–water partition coefficient (Wildman–Crippen LogP) is 0.985. The van der Waals surface area contributed by atoms with E-state index in [0.717, 1.165) is 24.7 Å². The summed E-state index contributed by atoms with van der Waals surface area (Å²) >= 11 is 0. The van der Waals surface area contributed by atoms with Crippen molar-refractivity contribution in [2.24, 2.45) is 0 Å². The van der Waals surface area contributed by atoms with Crippen molar-refractivity contribution >= 4 is 5.82 Å². The molecule has 5 nitrogen and oxygen atoms in total. The summed E-state index contributed by atoms with van der Waals surface area (Å²) in [5, 5.41) is 2.94. The van der Waals surface area contributed by atoms with E-state index in [0.29, 0.717) is 6.04 Å². The van der Waals surface area contributed by atoms with Gasteiger partial charge < -0.3 is 10.1 Å². The van der Waals surface area contributed by atoms with E-state index in [1.54, 1.807) is 19.5 Å². The lowest BCUT2D eigenvalue weighted by Gasteiger charge is -2.23. The Kier molecular flexibility index (Phi) is 5.14. The van der Waals surface area contributed by atoms with Crippen molar-refractivity contribution in [3.63, 3.8) is 0 Å². The van der Waals surface area contributed by atoms with Gasteiger partial charge in [0.2, 0.25) is 0 Å². The van der Waals surface area contributed by atoms with Crippen LogP contribution in [0.2, 0.25) is 0 Å². The van der Waals surface area contributed by atoms with Crippen LogP contribution in [0.4, 0.5) is 5.82 Å². The van der Waals surface area contributed by atoms with Crippen LogP contribution in [0.3, 0.4) is 0 Å². The SMILES string of the molecule is CNc1cnc(CN(C)C(C)COC)cn1. The van der Waals surface area contributed by atoms with E-state index in [1.165, 1.54) is 0 Å². The number of likely N-dealkylation sites (N-methyl/N-ethyl adjacent to an activating group) is 1. The largest absolute Gasteiger partial charge is 0.383 e. The van der Waals surface area contributed by atoms with Crippen LogP contribution in [0.1, 0.15) is 12.6 Å². The maximum Gasteiger partial charge on any atom is 0.144 e. The number of rotatable bonds is 6. The van der Waals surface area contributed by atoms with Crippen LogP contribution in [0.25, 0.3) is 0 Å². The topological polar surface area (TPSA) is 50.3 Å². The first-order valence-electron chi connectivity index (χ1n) is 5.35. The second-order valence-electron chi connectivity index (χ2n) is 3.86. The fourth-order valence-corrected chi connectivity index (χ4v) is 1.35. The lowest BCUT2D eigenvalue weighted by atomic mass is 10.3. The van der Waals surface area contributed by atoms with Gasteiger partial charge in [-0.2, -0.15) is 0 Å². The molecule has 0 spiro atoms. The molecule has 0 radical (unpaired) electrons. The van der Waals surface area contributed by atoms with Crippen molar-refractivity contribution in [2.75, 3.05) is 33.1 Å². The summed E-state index contributed by atoms with van der Waals surface area (Å²) in [6, 6.07) is 0.371. The Morgan fingerprint density at radius 3 is 2.69 bits per heavy atom. The second kappa shape index (κ2) is 6.40. The zero-order valence-corrected chi connectivity index (χ0v) is 10.4. The highest BCUT2D eigenvalue weighted by atomic mass is 16.5. The lowest BCUT2D eigenvalue weighted by Crippen LogP contribution is -2.32. The molecule has 0 aromatic carbocycles. The third kappa shape index (κ3) is 3.75. The summed E-state index contributed by atoms with van der Waals surface area (Å²) in [4.78, 5) is 10.7. The normalized spacial score (nSPS) is 12.8. The van der Waals surface area contributed by atoms with E-state index in [1.807, 2.05) is 7.05 Å². The smallest absolute Gasteiger partial charge is 0.144 e. The van der Waals surface area contributed by atoms with Gasteiger partial charge in [0.25, 0.3) is 0 Å². The molecule has 0 saturated heterocycles. The number of hydrogen-bond acceptors (Lipinski definition) is 5. The summed E-state index contributed by atoms with van der Waals surface area (Å²) < 4.78 is 5.11. The molecule has 1 heterocycles. The highest BCUT2D eigenvalue weighted by Gasteiger charge is 2.09. The molecule has 1 unspecified atom stereocenters. The lowest BCUT2D eigenvalue weighted by molar-refractivity contribution is 0.111. The Morgan fingerprint density at radius 2 is 2.19 bits per heavy atom. The average Bonchev–Trinajstić information content (AvgIpc) is 2.30. The third-order valence-electron chi connectivity index (χ3n) is 2.53. The van der Waals surface area contributed by atoms with Gasteiger partial charge in [-0.1, -0.05) is 0 Å². The maximum absolute atomic E-state index is 5.11. The van der Waals surface area contributed by atoms with Gasteiger partial charge in [-0.05, 0) is 14.0 Å². The van der Waals surface area contributed by atoms with Crippen molar-refractivity contribution in [3.05, 3.63) is 18.1 Å².